The maximum atomic E-state index is 12.3. The highest BCUT2D eigenvalue weighted by Crippen LogP contribution is 2.22. The monoisotopic (exact) mass is 333 g/mol. The van der Waals surface area contributed by atoms with Crippen LogP contribution in [0.15, 0.2) is 30.3 Å². The van der Waals surface area contributed by atoms with Gasteiger partial charge in [0.1, 0.15) is 11.6 Å². The molecule has 1 aromatic rings. The van der Waals surface area contributed by atoms with E-state index in [1.54, 1.807) is 0 Å². The highest BCUT2D eigenvalue weighted by molar-refractivity contribution is 5.82. The van der Waals surface area contributed by atoms with Gasteiger partial charge < -0.3 is 9.47 Å². The second-order valence-corrected chi connectivity index (χ2v) is 7.09. The number of likely N-dealkylation sites (tertiary alicyclic amines) is 1. The van der Waals surface area contributed by atoms with Gasteiger partial charge in [-0.25, -0.2) is 9.59 Å². The van der Waals surface area contributed by atoms with Crippen molar-refractivity contribution in [1.82, 2.24) is 4.90 Å². The summed E-state index contributed by atoms with van der Waals surface area (Å²) in [5.41, 5.74) is 0.661. The third kappa shape index (κ3) is 5.55. The van der Waals surface area contributed by atoms with Gasteiger partial charge in [0.15, 0.2) is 0 Å². The van der Waals surface area contributed by atoms with Gasteiger partial charge in [-0.1, -0.05) is 30.3 Å². The number of ether oxygens (including phenoxy) is 2. The minimum absolute atomic E-state index is 0.327. The number of rotatable bonds is 5. The van der Waals surface area contributed by atoms with Crippen LogP contribution in [0, 0.1) is 0 Å². The fourth-order valence-corrected chi connectivity index (χ4v) is 2.74. The molecule has 1 saturated heterocycles. The molecule has 24 heavy (non-hydrogen) atoms. The van der Waals surface area contributed by atoms with E-state index in [2.05, 4.69) is 12.1 Å². The second kappa shape index (κ2) is 8.18. The number of carbonyl (C=O) groups excluding carboxylic acids is 2. The second-order valence-electron chi connectivity index (χ2n) is 7.09. The molecule has 5 nitrogen and oxygen atoms in total. The summed E-state index contributed by atoms with van der Waals surface area (Å²) in [6, 6.07) is 9.58. The Morgan fingerprint density at radius 2 is 1.92 bits per heavy atom. The standard InChI is InChI=1S/C19H27NO4/c1-19(2,3)24-18(22)20-13-7-12-16(20)17(21)23-14-8-11-15-9-5-4-6-10-15/h4-6,9-10,16H,7-8,11-14H2,1-3H3/t16-/m0/s1. The summed E-state index contributed by atoms with van der Waals surface area (Å²) in [6.45, 7) is 6.36. The van der Waals surface area contributed by atoms with Crippen LogP contribution < -0.4 is 0 Å². The Hall–Kier alpha value is -2.04. The molecule has 0 aromatic heterocycles. The number of nitrogens with zero attached hydrogens (tertiary/aromatic N) is 1. The summed E-state index contributed by atoms with van der Waals surface area (Å²) >= 11 is 0. The topological polar surface area (TPSA) is 55.8 Å². The number of hydrogen-bond donors (Lipinski definition) is 0. The third-order valence-corrected chi connectivity index (χ3v) is 3.85. The van der Waals surface area contributed by atoms with Crippen molar-refractivity contribution in [3.8, 4) is 0 Å². The summed E-state index contributed by atoms with van der Waals surface area (Å²) in [5.74, 6) is -0.327. The maximum absolute atomic E-state index is 12.3. The molecule has 1 aromatic carbocycles. The summed E-state index contributed by atoms with van der Waals surface area (Å²) in [4.78, 5) is 25.9. The van der Waals surface area contributed by atoms with Crippen LogP contribution in [0.5, 0.6) is 0 Å². The molecule has 0 saturated carbocycles. The molecule has 0 spiro atoms. The lowest BCUT2D eigenvalue weighted by molar-refractivity contribution is -0.148. The van der Waals surface area contributed by atoms with Gasteiger partial charge in [-0.05, 0) is 52.0 Å². The Kier molecular flexibility index (Phi) is 6.23. The summed E-state index contributed by atoms with van der Waals surface area (Å²) in [5, 5.41) is 0. The normalized spacial score (nSPS) is 17.6. The Bertz CT molecular complexity index is 550. The van der Waals surface area contributed by atoms with Crippen LogP contribution >= 0.6 is 0 Å². The summed E-state index contributed by atoms with van der Waals surface area (Å²) in [7, 11) is 0. The van der Waals surface area contributed by atoms with Crippen LogP contribution in [0.2, 0.25) is 0 Å². The fraction of sp³-hybridized carbons (Fsp3) is 0.579. The first kappa shape index (κ1) is 18.3. The lowest BCUT2D eigenvalue weighted by atomic mass is 10.1. The molecule has 0 radical (unpaired) electrons. The van der Waals surface area contributed by atoms with Gasteiger partial charge in [0.2, 0.25) is 0 Å². The molecule has 1 heterocycles. The van der Waals surface area contributed by atoms with Crippen molar-refractivity contribution in [3.63, 3.8) is 0 Å². The Morgan fingerprint density at radius 1 is 1.21 bits per heavy atom. The zero-order chi connectivity index (χ0) is 17.6. The van der Waals surface area contributed by atoms with E-state index in [4.69, 9.17) is 9.47 Å². The Morgan fingerprint density at radius 3 is 2.58 bits per heavy atom. The Balaban J connectivity index is 1.77. The lowest BCUT2D eigenvalue weighted by Crippen LogP contribution is -2.44. The van der Waals surface area contributed by atoms with E-state index in [0.717, 1.165) is 19.3 Å². The van der Waals surface area contributed by atoms with Crippen LogP contribution in [0.1, 0.15) is 45.6 Å². The van der Waals surface area contributed by atoms with Gasteiger partial charge in [-0.15, -0.1) is 0 Å². The van der Waals surface area contributed by atoms with Gasteiger partial charge >= 0.3 is 12.1 Å². The van der Waals surface area contributed by atoms with E-state index < -0.39 is 17.7 Å². The molecule has 2 rings (SSSR count). The SMILES string of the molecule is CC(C)(C)OC(=O)N1CCC[C@H]1C(=O)OCCCc1ccccc1. The van der Waals surface area contributed by atoms with Crippen LogP contribution in [0.3, 0.4) is 0 Å². The molecule has 1 fully saturated rings. The molecule has 1 atom stereocenters. The third-order valence-electron chi connectivity index (χ3n) is 3.85. The minimum Gasteiger partial charge on any atom is -0.464 e. The maximum Gasteiger partial charge on any atom is 0.411 e. The number of esters is 1. The van der Waals surface area contributed by atoms with Crippen molar-refractivity contribution in [2.75, 3.05) is 13.2 Å². The molecule has 0 unspecified atom stereocenters. The van der Waals surface area contributed by atoms with E-state index in [0.29, 0.717) is 19.6 Å². The highest BCUT2D eigenvalue weighted by atomic mass is 16.6. The van der Waals surface area contributed by atoms with E-state index in [9.17, 15) is 9.59 Å². The van der Waals surface area contributed by atoms with Crippen molar-refractivity contribution in [2.24, 2.45) is 0 Å². The molecule has 5 heteroatoms. The first-order valence-electron chi connectivity index (χ1n) is 8.57. The van der Waals surface area contributed by atoms with Gasteiger partial charge in [0.05, 0.1) is 6.61 Å². The smallest absolute Gasteiger partial charge is 0.411 e. The van der Waals surface area contributed by atoms with Gasteiger partial charge in [0.25, 0.3) is 0 Å². The highest BCUT2D eigenvalue weighted by Gasteiger charge is 2.37. The minimum atomic E-state index is -0.566. The molecule has 1 aliphatic rings. The molecule has 1 aliphatic heterocycles. The van der Waals surface area contributed by atoms with Crippen LogP contribution in [-0.2, 0) is 20.7 Å². The first-order chi connectivity index (χ1) is 11.4. The molecule has 0 bridgehead atoms. The lowest BCUT2D eigenvalue weighted by Gasteiger charge is -2.27. The van der Waals surface area contributed by atoms with Gasteiger partial charge in [-0.3, -0.25) is 4.90 Å². The van der Waals surface area contributed by atoms with Gasteiger partial charge in [0, 0.05) is 6.54 Å². The van der Waals surface area contributed by atoms with Crippen molar-refractivity contribution >= 4 is 12.1 Å². The molecule has 1 amide bonds. The van der Waals surface area contributed by atoms with E-state index in [-0.39, 0.29) is 5.97 Å². The van der Waals surface area contributed by atoms with E-state index in [1.807, 2.05) is 39.0 Å². The zero-order valence-corrected chi connectivity index (χ0v) is 14.8. The predicted molar refractivity (Wildman–Crippen MR) is 91.7 cm³/mol. The van der Waals surface area contributed by atoms with Crippen molar-refractivity contribution in [2.45, 2.75) is 58.1 Å². The summed E-state index contributed by atoms with van der Waals surface area (Å²) < 4.78 is 10.7. The summed E-state index contributed by atoms with van der Waals surface area (Å²) in [6.07, 6.45) is 2.63. The number of benzene rings is 1. The van der Waals surface area contributed by atoms with Crippen molar-refractivity contribution in [3.05, 3.63) is 35.9 Å². The molecule has 132 valence electrons. The first-order valence-corrected chi connectivity index (χ1v) is 8.57. The number of carbonyl (C=O) groups is 2. The van der Waals surface area contributed by atoms with Crippen LogP contribution in [0.4, 0.5) is 4.79 Å². The Labute approximate surface area is 143 Å². The number of hydrogen-bond acceptors (Lipinski definition) is 4. The number of aryl methyl sites for hydroxylation is 1. The van der Waals surface area contributed by atoms with Crippen molar-refractivity contribution in [1.29, 1.82) is 0 Å². The quantitative estimate of drug-likeness (QED) is 0.611. The molecular formula is C19H27NO4. The molecular weight excluding hydrogens is 306 g/mol. The average molecular weight is 333 g/mol. The number of amides is 1. The average Bonchev–Trinajstić information content (AvgIpc) is 3.00. The molecule has 0 N–H and O–H groups in total. The molecule has 0 aliphatic carbocycles. The fourth-order valence-electron chi connectivity index (χ4n) is 2.74. The largest absolute Gasteiger partial charge is 0.464 e. The van der Waals surface area contributed by atoms with E-state index >= 15 is 0 Å². The van der Waals surface area contributed by atoms with Crippen LogP contribution in [-0.4, -0.2) is 41.8 Å². The van der Waals surface area contributed by atoms with Crippen molar-refractivity contribution < 1.29 is 19.1 Å². The van der Waals surface area contributed by atoms with E-state index in [1.165, 1.54) is 10.5 Å². The van der Waals surface area contributed by atoms with Crippen LogP contribution in [0.25, 0.3) is 0 Å². The van der Waals surface area contributed by atoms with Gasteiger partial charge in [-0.2, -0.15) is 0 Å². The predicted octanol–water partition coefficient (Wildman–Crippen LogP) is 3.56. The zero-order valence-electron chi connectivity index (χ0n) is 14.8.